The van der Waals surface area contributed by atoms with Gasteiger partial charge in [-0.15, -0.1) is 0 Å². The number of fused-ring (bicyclic) bond motifs is 19. The first-order chi connectivity index (χ1) is 63.1. The van der Waals surface area contributed by atoms with E-state index in [9.17, 15) is 10.1 Å². The van der Waals surface area contributed by atoms with E-state index in [1.807, 2.05) is 109 Å². The number of aromatic nitrogens is 6. The number of nitrogens with zero attached hydrogens (tertiary/aromatic N) is 7. The normalized spacial score (nSPS) is 11.4. The van der Waals surface area contributed by atoms with Crippen molar-refractivity contribution in [2.45, 2.75) is 6.42 Å². The van der Waals surface area contributed by atoms with E-state index < -0.39 is 7.12 Å². The molecule has 0 radical (unpaired) electrons. The van der Waals surface area contributed by atoms with Crippen LogP contribution in [0.4, 0.5) is 5.69 Å². The average molecular weight is 1710 g/mol. The maximum absolute atomic E-state index is 11.1. The Hall–Kier alpha value is -16.2. The summed E-state index contributed by atoms with van der Waals surface area (Å²) in [7, 11) is -1.40. The van der Waals surface area contributed by atoms with Gasteiger partial charge in [0.05, 0.1) is 55.0 Å². The SMILES string of the molecule is Brc1ccc2c(c1)c1c3ccccc3ccc1n2-c1nc(-c2ccc(-c3ccccc3)cc2)c2ccccc2n1.O=[N+]([O-])c1ccccc1-c1cccc2ccccc12.OB(O)c1cccc2ccccc12.c1ccc(-c2ccc(-c3nc(-n4c5ccccc5c5c6ccccc6ccc54)nc4ccccc34)cc2)cc1.c1ccc2c(c1)Cc1ccc3ccccc3c1-2. The van der Waals surface area contributed by atoms with E-state index >= 15 is 0 Å². The van der Waals surface area contributed by atoms with Gasteiger partial charge in [-0.2, -0.15) is 0 Å². The molecule has 0 spiro atoms. The van der Waals surface area contributed by atoms with Gasteiger partial charge in [0.25, 0.3) is 5.69 Å². The van der Waals surface area contributed by atoms with E-state index in [1.54, 1.807) is 18.2 Å². The Morgan fingerprint density at radius 1 is 0.289 bits per heavy atom. The summed E-state index contributed by atoms with van der Waals surface area (Å²) in [5, 5.41) is 47.8. The van der Waals surface area contributed by atoms with Crippen LogP contribution in [0.3, 0.4) is 0 Å². The zero-order valence-corrected chi connectivity index (χ0v) is 70.7. The van der Waals surface area contributed by atoms with Gasteiger partial charge in [0.15, 0.2) is 0 Å². The number of benzene rings is 20. The third-order valence-corrected chi connectivity index (χ3v) is 24.8. The second kappa shape index (κ2) is 34.5. The van der Waals surface area contributed by atoms with Crippen LogP contribution in [0.1, 0.15) is 11.1 Å². The molecule has 606 valence electrons. The molecule has 4 aromatic heterocycles. The van der Waals surface area contributed by atoms with E-state index in [4.69, 9.17) is 30.0 Å². The van der Waals surface area contributed by atoms with Gasteiger partial charge in [-0.25, -0.2) is 19.9 Å². The van der Waals surface area contributed by atoms with Crippen LogP contribution < -0.4 is 5.46 Å². The molecule has 1 aliphatic carbocycles. The van der Waals surface area contributed by atoms with Gasteiger partial charge >= 0.3 is 7.12 Å². The van der Waals surface area contributed by atoms with E-state index in [-0.39, 0.29) is 10.6 Å². The van der Waals surface area contributed by atoms with Crippen molar-refractivity contribution in [2.24, 2.45) is 0 Å². The minimum atomic E-state index is -1.40. The summed E-state index contributed by atoms with van der Waals surface area (Å²) >= 11 is 3.70. The number of para-hydroxylation sites is 4. The van der Waals surface area contributed by atoms with Crippen molar-refractivity contribution in [3.05, 3.63) is 469 Å². The number of nitro benzene ring substituents is 1. The second-order valence-corrected chi connectivity index (χ2v) is 32.7. The van der Waals surface area contributed by atoms with Gasteiger partial charge < -0.3 is 10.0 Å². The van der Waals surface area contributed by atoms with Gasteiger partial charge in [0.1, 0.15) is 0 Å². The molecule has 0 aliphatic heterocycles. The number of hydrogen-bond donors (Lipinski definition) is 2. The molecule has 0 amide bonds. The van der Waals surface area contributed by atoms with Crippen molar-refractivity contribution in [3.8, 4) is 78.9 Å². The van der Waals surface area contributed by atoms with Crippen molar-refractivity contribution in [1.82, 2.24) is 29.1 Å². The summed E-state index contributed by atoms with van der Waals surface area (Å²) in [6.45, 7) is 0. The lowest BCUT2D eigenvalue weighted by molar-refractivity contribution is -0.384. The largest absolute Gasteiger partial charge is 0.489 e. The molecule has 0 saturated carbocycles. The predicted molar refractivity (Wildman–Crippen MR) is 534 cm³/mol. The summed E-state index contributed by atoms with van der Waals surface area (Å²) in [6.07, 6.45) is 1.08. The van der Waals surface area contributed by atoms with Crippen LogP contribution in [0.5, 0.6) is 0 Å². The zero-order chi connectivity index (χ0) is 86.1. The first-order valence-corrected chi connectivity index (χ1v) is 43.4. The highest BCUT2D eigenvalue weighted by Crippen LogP contribution is 2.44. The summed E-state index contributed by atoms with van der Waals surface area (Å²) < 4.78 is 5.47. The molecule has 4 heterocycles. The molecule has 24 aromatic rings. The fourth-order valence-corrected chi connectivity index (χ4v) is 18.7. The van der Waals surface area contributed by atoms with Crippen LogP contribution in [0.2, 0.25) is 0 Å². The Bertz CT molecular complexity index is 8380. The smallest absolute Gasteiger partial charge is 0.423 e. The Kier molecular flexibility index (Phi) is 21.3. The Balaban J connectivity index is 0.000000104. The van der Waals surface area contributed by atoms with Crippen LogP contribution >= 0.6 is 15.9 Å². The first kappa shape index (κ1) is 79.1. The topological polar surface area (TPSA) is 145 Å². The van der Waals surface area contributed by atoms with Gasteiger partial charge in [0, 0.05) is 54.0 Å². The molecule has 0 fully saturated rings. The van der Waals surface area contributed by atoms with E-state index in [2.05, 4.69) is 334 Å². The number of halogens is 1. The summed E-state index contributed by atoms with van der Waals surface area (Å²) in [4.78, 5) is 31.5. The van der Waals surface area contributed by atoms with Gasteiger partial charge in [-0.1, -0.05) is 398 Å². The van der Waals surface area contributed by atoms with E-state index in [1.165, 1.54) is 104 Å². The van der Waals surface area contributed by atoms with E-state index in [0.717, 1.165) is 104 Å². The van der Waals surface area contributed by atoms with Crippen molar-refractivity contribution >= 4 is 153 Å². The molecule has 0 atom stereocenters. The molecule has 128 heavy (non-hydrogen) atoms. The molecular formula is C115H77BBrN7O4. The number of nitro groups is 1. The van der Waals surface area contributed by atoms with Crippen LogP contribution in [0.25, 0.3) is 198 Å². The second-order valence-electron chi connectivity index (χ2n) is 31.8. The standard InChI is InChI=1S/C36H22BrN3.C36H23N3.C17H12.C16H11NO2.C10H9BO2/c37-27-19-21-32-30(22-27)34-28-11-5-4-10-25(28)18-20-33(34)40(32)36-38-31-13-7-6-12-29(31)35(39-36)26-16-14-24(15-17-26)23-8-2-1-3-9-23;1-2-10-24(11-3-1)25-18-20-27(21-19-25)35-29-14-6-8-16-31(29)37-36(38-35)39-32-17-9-7-15-30(32)34-28-13-5-4-12-26(28)22-23-33(34)39;1-3-7-15-12(5-1)9-10-14-11-13-6-2-4-8-16(13)17(14)15;18-17(19)16-11-4-3-9-15(16)14-10-5-7-12-6-1-2-8-13(12)14;12-11(13)10-7-3-5-8-4-1-2-6-9(8)10/h1-22H;1-23H;1-10H,11H2;1-11H;1-7,12-13H. The maximum Gasteiger partial charge on any atom is 0.489 e. The van der Waals surface area contributed by atoms with Gasteiger partial charge in [-0.3, -0.25) is 19.2 Å². The highest BCUT2D eigenvalue weighted by atomic mass is 79.9. The van der Waals surface area contributed by atoms with Gasteiger partial charge in [0.2, 0.25) is 11.9 Å². The molecule has 20 aromatic carbocycles. The molecule has 0 saturated heterocycles. The van der Waals surface area contributed by atoms with Crippen molar-refractivity contribution in [3.63, 3.8) is 0 Å². The average Bonchev–Trinajstić information content (AvgIpc) is 1.57. The lowest BCUT2D eigenvalue weighted by Crippen LogP contribution is -2.30. The molecule has 25 rings (SSSR count). The highest BCUT2D eigenvalue weighted by Gasteiger charge is 2.25. The first-order valence-electron chi connectivity index (χ1n) is 42.6. The molecular weight excluding hydrogens is 1630 g/mol. The fourth-order valence-electron chi connectivity index (χ4n) is 18.3. The Morgan fingerprint density at radius 3 is 1.23 bits per heavy atom. The third-order valence-electron chi connectivity index (χ3n) is 24.3. The molecule has 1 aliphatic rings. The molecule has 11 nitrogen and oxygen atoms in total. The minimum absolute atomic E-state index is 0.138. The quantitative estimate of drug-likeness (QED) is 0.0826. The maximum atomic E-state index is 11.1. The Morgan fingerprint density at radius 2 is 0.672 bits per heavy atom. The fraction of sp³-hybridized carbons (Fsp3) is 0.00870. The highest BCUT2D eigenvalue weighted by molar-refractivity contribution is 9.10. The predicted octanol–water partition coefficient (Wildman–Crippen LogP) is 28.5. The minimum Gasteiger partial charge on any atom is -0.423 e. The van der Waals surface area contributed by atoms with E-state index in [0.29, 0.717) is 22.9 Å². The summed E-state index contributed by atoms with van der Waals surface area (Å²) in [5.74, 6) is 1.34. The number of hydrogen-bond acceptors (Lipinski definition) is 8. The summed E-state index contributed by atoms with van der Waals surface area (Å²) in [6, 6.07) is 151. The number of rotatable bonds is 9. The molecule has 13 heteroatoms. The molecule has 2 N–H and O–H groups in total. The third kappa shape index (κ3) is 15.1. The lowest BCUT2D eigenvalue weighted by Gasteiger charge is -2.12. The van der Waals surface area contributed by atoms with Crippen LogP contribution in [0.15, 0.2) is 447 Å². The summed E-state index contributed by atoms with van der Waals surface area (Å²) in [5.41, 5.74) is 23.0. The Labute approximate surface area is 746 Å². The van der Waals surface area contributed by atoms with Crippen LogP contribution in [-0.4, -0.2) is 51.2 Å². The molecule has 0 unspecified atom stereocenters. The van der Waals surface area contributed by atoms with Crippen molar-refractivity contribution < 1.29 is 15.0 Å². The van der Waals surface area contributed by atoms with Crippen molar-refractivity contribution in [1.29, 1.82) is 0 Å². The van der Waals surface area contributed by atoms with Gasteiger partial charge in [-0.05, 0) is 170 Å². The lowest BCUT2D eigenvalue weighted by atomic mass is 9.77. The molecule has 0 bridgehead atoms. The van der Waals surface area contributed by atoms with Crippen molar-refractivity contribution in [2.75, 3.05) is 0 Å². The monoisotopic (exact) mass is 1710 g/mol. The zero-order valence-electron chi connectivity index (χ0n) is 69.2. The van der Waals surface area contributed by atoms with Crippen LogP contribution in [-0.2, 0) is 6.42 Å². The van der Waals surface area contributed by atoms with Crippen LogP contribution in [0, 0.1) is 10.1 Å².